The second-order valence-electron chi connectivity index (χ2n) is 13.8. The molecule has 37 heavy (non-hydrogen) atoms. The van der Waals surface area contributed by atoms with Gasteiger partial charge in [0.2, 0.25) is 0 Å². The smallest absolute Gasteiger partial charge is 0.411 e. The summed E-state index contributed by atoms with van der Waals surface area (Å²) in [6.45, 7) is 29.6. The summed E-state index contributed by atoms with van der Waals surface area (Å²) in [5.74, 6) is -0.379. The Morgan fingerprint density at radius 1 is 1.00 bits per heavy atom. The zero-order valence-electron chi connectivity index (χ0n) is 26.5. The van der Waals surface area contributed by atoms with E-state index in [4.69, 9.17) is 18.7 Å². The highest BCUT2D eigenvalue weighted by Gasteiger charge is 2.40. The Kier molecular flexibility index (Phi) is 12.8. The van der Waals surface area contributed by atoms with Gasteiger partial charge in [-0.15, -0.1) is 0 Å². The molecular weight excluding hydrogens is 504 g/mol. The fraction of sp³-hybridized carbons (Fsp3) is 0.852. The molecule has 0 N–H and O–H groups in total. The van der Waals surface area contributed by atoms with Crippen LogP contribution in [0.15, 0.2) is 12.2 Å². The van der Waals surface area contributed by atoms with Crippen molar-refractivity contribution >= 4 is 30.6 Å². The third kappa shape index (κ3) is 11.6. The number of amides is 2. The summed E-state index contributed by atoms with van der Waals surface area (Å²) in [5, 5.41) is 1.10. The Balaban J connectivity index is 6.18. The molecule has 1 atom stereocenters. The first-order valence-corrected chi connectivity index (χ1v) is 17.0. The molecule has 0 aliphatic rings. The molecular formula is C27H56N2O6Si2. The molecule has 0 saturated heterocycles. The second kappa shape index (κ2) is 13.2. The van der Waals surface area contributed by atoms with Crippen LogP contribution in [0.4, 0.5) is 4.79 Å². The van der Waals surface area contributed by atoms with Crippen molar-refractivity contribution in [2.75, 3.05) is 33.9 Å². The second-order valence-corrected chi connectivity index (χ2v) is 22.1. The number of nitrogens with zero attached hydrogens (tertiary/aromatic N) is 2. The highest BCUT2D eigenvalue weighted by atomic mass is 28.4. The van der Waals surface area contributed by atoms with E-state index >= 15 is 0 Å². The molecule has 2 amide bonds. The van der Waals surface area contributed by atoms with Gasteiger partial charge in [-0.1, -0.05) is 46.8 Å². The minimum atomic E-state index is -2.11. The van der Waals surface area contributed by atoms with Crippen molar-refractivity contribution in [1.29, 1.82) is 0 Å². The van der Waals surface area contributed by atoms with Gasteiger partial charge in [0.15, 0.2) is 8.32 Å². The van der Waals surface area contributed by atoms with Crippen molar-refractivity contribution in [3.8, 4) is 0 Å². The van der Waals surface area contributed by atoms with Crippen LogP contribution in [0.5, 0.6) is 0 Å². The Morgan fingerprint density at radius 3 is 1.92 bits per heavy atom. The largest absolute Gasteiger partial charge is 0.444 e. The van der Waals surface area contributed by atoms with Crippen LogP contribution in [-0.2, 0) is 23.5 Å². The van der Waals surface area contributed by atoms with E-state index in [9.17, 15) is 9.59 Å². The minimum absolute atomic E-state index is 0.0528. The van der Waals surface area contributed by atoms with E-state index in [1.165, 1.54) is 19.1 Å². The molecule has 0 fully saturated rings. The van der Waals surface area contributed by atoms with Crippen LogP contribution < -0.4 is 0 Å². The predicted molar refractivity (Wildman–Crippen MR) is 157 cm³/mol. The minimum Gasteiger partial charge on any atom is -0.444 e. The molecule has 10 heteroatoms. The van der Waals surface area contributed by atoms with Gasteiger partial charge in [0, 0.05) is 17.3 Å². The van der Waals surface area contributed by atoms with Crippen molar-refractivity contribution in [2.24, 2.45) is 5.41 Å². The third-order valence-corrected chi connectivity index (χ3v) is 15.6. The molecule has 0 aromatic carbocycles. The average Bonchev–Trinajstić information content (AvgIpc) is 2.68. The maximum absolute atomic E-state index is 13.4. The van der Waals surface area contributed by atoms with Gasteiger partial charge in [-0.2, -0.15) is 0 Å². The number of likely N-dealkylation sites (N-methyl/N-ethyl adjacent to an activating group) is 1. The monoisotopic (exact) mass is 560 g/mol. The number of hydrogen-bond acceptors (Lipinski definition) is 6. The highest BCUT2D eigenvalue weighted by Crippen LogP contribution is 2.35. The van der Waals surface area contributed by atoms with E-state index in [2.05, 4.69) is 68.1 Å². The molecule has 0 unspecified atom stereocenters. The maximum Gasteiger partial charge on any atom is 0.411 e. The summed E-state index contributed by atoms with van der Waals surface area (Å²) >= 11 is 0. The van der Waals surface area contributed by atoms with Crippen LogP contribution in [-0.4, -0.2) is 91.7 Å². The molecule has 0 bridgehead atoms. The molecule has 0 spiro atoms. The molecule has 0 aliphatic heterocycles. The highest BCUT2D eigenvalue weighted by molar-refractivity contribution is 6.80. The van der Waals surface area contributed by atoms with E-state index in [1.54, 1.807) is 20.8 Å². The van der Waals surface area contributed by atoms with Crippen molar-refractivity contribution in [2.45, 2.75) is 111 Å². The van der Waals surface area contributed by atoms with Gasteiger partial charge in [-0.25, -0.2) is 9.86 Å². The van der Waals surface area contributed by atoms with Gasteiger partial charge in [-0.3, -0.25) is 14.5 Å². The van der Waals surface area contributed by atoms with Crippen molar-refractivity contribution < 1.29 is 28.3 Å². The van der Waals surface area contributed by atoms with Crippen LogP contribution in [0.2, 0.25) is 17.8 Å². The summed E-state index contributed by atoms with van der Waals surface area (Å²) in [4.78, 5) is 32.8. The van der Waals surface area contributed by atoms with Crippen LogP contribution >= 0.6 is 0 Å². The Bertz CT molecular complexity index is 779. The predicted octanol–water partition coefficient (Wildman–Crippen LogP) is 4.72. The van der Waals surface area contributed by atoms with Gasteiger partial charge in [0.25, 0.3) is 5.91 Å². The quantitative estimate of drug-likeness (QED) is 0.184. The molecule has 8 nitrogen and oxygen atoms in total. The van der Waals surface area contributed by atoms with Gasteiger partial charge in [-0.05, 0) is 64.2 Å². The van der Waals surface area contributed by atoms with E-state index in [-0.39, 0.29) is 34.7 Å². The molecule has 0 heterocycles. The molecule has 0 aromatic heterocycles. The van der Waals surface area contributed by atoms with Gasteiger partial charge >= 0.3 is 6.09 Å². The summed E-state index contributed by atoms with van der Waals surface area (Å²) < 4.78 is 18.7. The zero-order chi connectivity index (χ0) is 29.6. The fourth-order valence-electron chi connectivity index (χ4n) is 2.72. The van der Waals surface area contributed by atoms with E-state index < -0.39 is 26.1 Å². The lowest BCUT2D eigenvalue weighted by atomic mass is 9.79. The zero-order valence-corrected chi connectivity index (χ0v) is 29.5. The van der Waals surface area contributed by atoms with Gasteiger partial charge in [0.1, 0.15) is 12.1 Å². The molecule has 218 valence electrons. The maximum atomic E-state index is 13.4. The number of hydroxylamine groups is 2. The van der Waals surface area contributed by atoms with Crippen molar-refractivity contribution in [3.63, 3.8) is 0 Å². The normalized spacial score (nSPS) is 14.3. The summed E-state index contributed by atoms with van der Waals surface area (Å²) in [6, 6.07) is -0.568. The van der Waals surface area contributed by atoms with Crippen LogP contribution in [0, 0.1) is 5.41 Å². The lowest BCUT2D eigenvalue weighted by Crippen LogP contribution is -2.53. The lowest BCUT2D eigenvalue weighted by molar-refractivity contribution is -0.170. The summed E-state index contributed by atoms with van der Waals surface area (Å²) in [5.41, 5.74) is -0.390. The first kappa shape index (κ1) is 35.8. The number of ether oxygens (including phenoxy) is 2. The first-order chi connectivity index (χ1) is 16.4. The van der Waals surface area contributed by atoms with Crippen LogP contribution in [0.25, 0.3) is 0 Å². The number of hydrogen-bond donors (Lipinski definition) is 0. The van der Waals surface area contributed by atoms with Crippen LogP contribution in [0.3, 0.4) is 0 Å². The van der Waals surface area contributed by atoms with Crippen molar-refractivity contribution in [3.05, 3.63) is 12.2 Å². The molecule has 0 aliphatic carbocycles. The van der Waals surface area contributed by atoms with Gasteiger partial charge < -0.3 is 13.9 Å². The SMILES string of the molecule is C=C(CCOC(C)(C)C(C)(C)C)[C@@H](CO[Si](C)(C)C(C)(C)[SiH3])N(CC(=O)N(C)OC)C(=O)OC(C)(C)C. The number of carbonyl (C=O) groups is 2. The molecule has 0 aromatic rings. The standard InChI is InChI=1S/C27H56N2O6Si2/c1-20(16-17-33-26(8,9)24(2,3)4)21(19-34-37(14,15)27(10,11)36)29(18-22(30)28(12)32-13)23(31)35-25(5,6)7/h21H,1,16-19H2,2-15,36H3/t21-/m1/s1. The topological polar surface area (TPSA) is 77.5 Å². The van der Waals surface area contributed by atoms with E-state index in [0.29, 0.717) is 13.0 Å². The fourth-order valence-corrected chi connectivity index (χ4v) is 4.16. The van der Waals surface area contributed by atoms with Crippen LogP contribution in [0.1, 0.15) is 75.7 Å². The molecule has 0 radical (unpaired) electrons. The Hall–Kier alpha value is -1.21. The number of rotatable bonds is 13. The molecule has 0 rings (SSSR count). The van der Waals surface area contributed by atoms with Gasteiger partial charge in [0.05, 0.1) is 32.0 Å². The average molecular weight is 561 g/mol. The summed E-state index contributed by atoms with van der Waals surface area (Å²) in [7, 11) is 1.79. The molecule has 0 saturated carbocycles. The third-order valence-electron chi connectivity index (χ3n) is 7.51. The van der Waals surface area contributed by atoms with E-state index in [1.807, 2.05) is 0 Å². The Morgan fingerprint density at radius 2 is 1.51 bits per heavy atom. The first-order valence-electron chi connectivity index (χ1n) is 13.1. The Labute approximate surface area is 230 Å². The van der Waals surface area contributed by atoms with E-state index in [0.717, 1.165) is 20.9 Å². The summed E-state index contributed by atoms with van der Waals surface area (Å²) in [6.07, 6.45) is -0.0893. The lowest BCUT2D eigenvalue weighted by Gasteiger charge is -2.41. The van der Waals surface area contributed by atoms with Crippen molar-refractivity contribution in [1.82, 2.24) is 9.96 Å². The number of carbonyl (C=O) groups excluding carboxylic acids is 2.